The Morgan fingerprint density at radius 1 is 1.38 bits per heavy atom. The summed E-state index contributed by atoms with van der Waals surface area (Å²) in [5, 5.41) is 2.88. The molecular formula is C13H20N2O. The van der Waals surface area contributed by atoms with Crippen LogP contribution in [-0.2, 0) is 11.2 Å². The predicted octanol–water partition coefficient (Wildman–Crippen LogP) is 2.31. The Morgan fingerprint density at radius 2 is 2.06 bits per heavy atom. The second-order valence-electron chi connectivity index (χ2n) is 3.90. The van der Waals surface area contributed by atoms with Crippen LogP contribution in [-0.4, -0.2) is 11.9 Å². The second kappa shape index (κ2) is 6.28. The van der Waals surface area contributed by atoms with E-state index in [1.807, 2.05) is 31.2 Å². The minimum Gasteiger partial charge on any atom is -0.324 e. The van der Waals surface area contributed by atoms with Gasteiger partial charge in [0.25, 0.3) is 0 Å². The van der Waals surface area contributed by atoms with Crippen molar-refractivity contribution in [1.29, 1.82) is 0 Å². The third-order valence-corrected chi connectivity index (χ3v) is 2.59. The molecule has 16 heavy (non-hydrogen) atoms. The first-order valence-electron chi connectivity index (χ1n) is 5.83. The minimum atomic E-state index is -0.407. The predicted molar refractivity (Wildman–Crippen MR) is 67.3 cm³/mol. The van der Waals surface area contributed by atoms with Gasteiger partial charge in [0.1, 0.15) is 0 Å². The highest BCUT2D eigenvalue weighted by molar-refractivity contribution is 5.95. The summed E-state index contributed by atoms with van der Waals surface area (Å²) in [6.45, 7) is 4.09. The Hall–Kier alpha value is -1.35. The van der Waals surface area contributed by atoms with E-state index in [0.717, 1.165) is 30.5 Å². The van der Waals surface area contributed by atoms with Gasteiger partial charge >= 0.3 is 0 Å². The van der Waals surface area contributed by atoms with Crippen LogP contribution < -0.4 is 11.1 Å². The molecule has 3 heteroatoms. The first-order valence-corrected chi connectivity index (χ1v) is 5.83. The quantitative estimate of drug-likeness (QED) is 0.800. The first kappa shape index (κ1) is 12.7. The van der Waals surface area contributed by atoms with Gasteiger partial charge in [-0.05, 0) is 24.5 Å². The Bertz CT molecular complexity index is 350. The molecule has 88 valence electrons. The average Bonchev–Trinajstić information content (AvgIpc) is 2.30. The molecule has 0 unspecified atom stereocenters. The fraction of sp³-hybridized carbons (Fsp3) is 0.462. The van der Waals surface area contributed by atoms with Crippen molar-refractivity contribution in [3.05, 3.63) is 29.8 Å². The fourth-order valence-corrected chi connectivity index (χ4v) is 1.62. The molecule has 0 fully saturated rings. The van der Waals surface area contributed by atoms with Gasteiger partial charge in [0.05, 0.1) is 6.04 Å². The van der Waals surface area contributed by atoms with Gasteiger partial charge in [0.2, 0.25) is 5.91 Å². The van der Waals surface area contributed by atoms with Gasteiger partial charge in [0.15, 0.2) is 0 Å². The summed E-state index contributed by atoms with van der Waals surface area (Å²) in [7, 11) is 0. The molecule has 0 aliphatic carbocycles. The number of rotatable bonds is 5. The highest BCUT2D eigenvalue weighted by atomic mass is 16.2. The summed E-state index contributed by atoms with van der Waals surface area (Å²) in [4.78, 5) is 11.7. The lowest BCUT2D eigenvalue weighted by molar-refractivity contribution is -0.117. The number of nitrogens with one attached hydrogen (secondary N) is 1. The zero-order valence-corrected chi connectivity index (χ0v) is 9.99. The Labute approximate surface area is 97.0 Å². The van der Waals surface area contributed by atoms with E-state index in [9.17, 15) is 4.79 Å². The first-order chi connectivity index (χ1) is 7.69. The van der Waals surface area contributed by atoms with Crippen LogP contribution in [0.5, 0.6) is 0 Å². The number of carbonyl (C=O) groups is 1. The molecule has 0 spiro atoms. The summed E-state index contributed by atoms with van der Waals surface area (Å²) in [5.41, 5.74) is 7.77. The number of aryl methyl sites for hydroxylation is 1. The third-order valence-electron chi connectivity index (χ3n) is 2.59. The Kier molecular flexibility index (Phi) is 4.99. The lowest BCUT2D eigenvalue weighted by Crippen LogP contribution is -2.35. The molecule has 0 aromatic heterocycles. The number of hydrogen-bond acceptors (Lipinski definition) is 2. The monoisotopic (exact) mass is 220 g/mol. The van der Waals surface area contributed by atoms with Crippen molar-refractivity contribution in [1.82, 2.24) is 0 Å². The van der Waals surface area contributed by atoms with E-state index < -0.39 is 6.04 Å². The summed E-state index contributed by atoms with van der Waals surface area (Å²) in [5.74, 6) is -0.0947. The summed E-state index contributed by atoms with van der Waals surface area (Å²) < 4.78 is 0. The highest BCUT2D eigenvalue weighted by Gasteiger charge is 2.13. The van der Waals surface area contributed by atoms with Crippen molar-refractivity contribution in [3.8, 4) is 0 Å². The number of nitrogens with two attached hydrogens (primary N) is 1. The zero-order valence-electron chi connectivity index (χ0n) is 9.99. The molecule has 3 nitrogen and oxygen atoms in total. The van der Waals surface area contributed by atoms with E-state index in [0.29, 0.717) is 0 Å². The van der Waals surface area contributed by atoms with E-state index in [1.54, 1.807) is 0 Å². The Balaban J connectivity index is 2.69. The number of para-hydroxylation sites is 1. The van der Waals surface area contributed by atoms with E-state index in [-0.39, 0.29) is 5.91 Å². The maximum Gasteiger partial charge on any atom is 0.241 e. The molecular weight excluding hydrogens is 200 g/mol. The third kappa shape index (κ3) is 3.35. The number of hydrogen-bond donors (Lipinski definition) is 2. The summed E-state index contributed by atoms with van der Waals surface area (Å²) >= 11 is 0. The van der Waals surface area contributed by atoms with Gasteiger partial charge in [0, 0.05) is 5.69 Å². The molecule has 0 bridgehead atoms. The molecule has 0 saturated heterocycles. The highest BCUT2D eigenvalue weighted by Crippen LogP contribution is 2.15. The fourth-order valence-electron chi connectivity index (χ4n) is 1.62. The topological polar surface area (TPSA) is 55.1 Å². The molecule has 1 aromatic carbocycles. The summed E-state index contributed by atoms with van der Waals surface area (Å²) in [6.07, 6.45) is 2.55. The molecule has 0 aliphatic rings. The van der Waals surface area contributed by atoms with Crippen LogP contribution in [0.2, 0.25) is 0 Å². The zero-order chi connectivity index (χ0) is 12.0. The molecule has 0 radical (unpaired) electrons. The van der Waals surface area contributed by atoms with Crippen molar-refractivity contribution in [2.24, 2.45) is 5.73 Å². The van der Waals surface area contributed by atoms with Crippen molar-refractivity contribution >= 4 is 11.6 Å². The number of anilines is 1. The molecule has 1 atom stereocenters. The van der Waals surface area contributed by atoms with E-state index in [4.69, 9.17) is 5.73 Å². The molecule has 0 saturated carbocycles. The molecule has 0 aliphatic heterocycles. The molecule has 1 amide bonds. The molecule has 1 aromatic rings. The van der Waals surface area contributed by atoms with Crippen molar-refractivity contribution < 1.29 is 4.79 Å². The molecule has 3 N–H and O–H groups in total. The lowest BCUT2D eigenvalue weighted by atomic mass is 10.1. The minimum absolute atomic E-state index is 0.0947. The maximum absolute atomic E-state index is 11.7. The normalized spacial score (nSPS) is 12.2. The smallest absolute Gasteiger partial charge is 0.241 e. The second-order valence-corrected chi connectivity index (χ2v) is 3.90. The van der Waals surface area contributed by atoms with Gasteiger partial charge < -0.3 is 11.1 Å². The standard InChI is InChI=1S/C13H20N2O/c1-3-7-11(14)13(16)15-12-9-6-5-8-10(12)4-2/h5-6,8-9,11H,3-4,7,14H2,1-2H3,(H,15,16)/t11-/m1/s1. The maximum atomic E-state index is 11.7. The van der Waals surface area contributed by atoms with Crippen molar-refractivity contribution in [3.63, 3.8) is 0 Å². The molecule has 1 rings (SSSR count). The number of benzene rings is 1. The van der Waals surface area contributed by atoms with Gasteiger partial charge in [-0.3, -0.25) is 4.79 Å². The van der Waals surface area contributed by atoms with E-state index >= 15 is 0 Å². The largest absolute Gasteiger partial charge is 0.324 e. The van der Waals surface area contributed by atoms with Gasteiger partial charge in [-0.1, -0.05) is 38.5 Å². The Morgan fingerprint density at radius 3 is 2.69 bits per heavy atom. The van der Waals surface area contributed by atoms with Crippen LogP contribution >= 0.6 is 0 Å². The van der Waals surface area contributed by atoms with Gasteiger partial charge in [-0.25, -0.2) is 0 Å². The number of amides is 1. The number of carbonyl (C=O) groups excluding carboxylic acids is 1. The van der Waals surface area contributed by atoms with Crippen LogP contribution in [0.4, 0.5) is 5.69 Å². The lowest BCUT2D eigenvalue weighted by Gasteiger charge is -2.13. The van der Waals surface area contributed by atoms with Gasteiger partial charge in [-0.15, -0.1) is 0 Å². The van der Waals surface area contributed by atoms with Crippen LogP contribution in [0, 0.1) is 0 Å². The van der Waals surface area contributed by atoms with Crippen LogP contribution in [0.3, 0.4) is 0 Å². The average molecular weight is 220 g/mol. The van der Waals surface area contributed by atoms with Crippen molar-refractivity contribution in [2.45, 2.75) is 39.2 Å². The SMILES string of the molecule is CCC[C@@H](N)C(=O)Nc1ccccc1CC. The summed E-state index contributed by atoms with van der Waals surface area (Å²) in [6, 6.07) is 7.41. The molecule has 0 heterocycles. The van der Waals surface area contributed by atoms with Crippen LogP contribution in [0.15, 0.2) is 24.3 Å². The van der Waals surface area contributed by atoms with E-state index in [2.05, 4.69) is 12.2 Å². The van der Waals surface area contributed by atoms with Crippen molar-refractivity contribution in [2.75, 3.05) is 5.32 Å². The van der Waals surface area contributed by atoms with Gasteiger partial charge in [-0.2, -0.15) is 0 Å². The van der Waals surface area contributed by atoms with Crippen LogP contribution in [0.1, 0.15) is 32.3 Å². The van der Waals surface area contributed by atoms with Crippen LogP contribution in [0.25, 0.3) is 0 Å². The van der Waals surface area contributed by atoms with E-state index in [1.165, 1.54) is 0 Å².